The van der Waals surface area contributed by atoms with Gasteiger partial charge in [-0.1, -0.05) is 6.92 Å². The lowest BCUT2D eigenvalue weighted by Crippen LogP contribution is -2.49. The second-order valence-corrected chi connectivity index (χ2v) is 5.73. The van der Waals surface area contributed by atoms with Gasteiger partial charge in [0, 0.05) is 24.0 Å². The van der Waals surface area contributed by atoms with Crippen LogP contribution in [0.1, 0.15) is 20.8 Å². The van der Waals surface area contributed by atoms with Crippen LogP contribution in [0.5, 0.6) is 0 Å². The standard InChI is InChI=1S/C16H28N4O/c1-6-20(12(2)11-19(4)5)13(3)16(21)18-15-9-7-14(17)8-10-15/h7-10,12-13H,6,11,17H2,1-5H3,(H,18,21). The first-order chi connectivity index (χ1) is 9.85. The average Bonchev–Trinajstić information content (AvgIpc) is 2.41. The quantitative estimate of drug-likeness (QED) is 0.753. The molecule has 0 heterocycles. The highest BCUT2D eigenvalue weighted by Gasteiger charge is 2.24. The normalized spacial score (nSPS) is 14.2. The smallest absolute Gasteiger partial charge is 0.241 e. The maximum Gasteiger partial charge on any atom is 0.241 e. The molecule has 2 unspecified atom stereocenters. The average molecular weight is 292 g/mol. The van der Waals surface area contributed by atoms with E-state index in [2.05, 4.69) is 29.0 Å². The third-order valence-corrected chi connectivity index (χ3v) is 3.62. The molecule has 5 heteroatoms. The Labute approximate surface area is 128 Å². The predicted octanol–water partition coefficient (Wildman–Crippen LogP) is 1.87. The Morgan fingerprint density at radius 3 is 2.29 bits per heavy atom. The number of nitrogens with two attached hydrogens (primary N) is 1. The first-order valence-electron chi connectivity index (χ1n) is 7.42. The summed E-state index contributed by atoms with van der Waals surface area (Å²) in [4.78, 5) is 16.7. The summed E-state index contributed by atoms with van der Waals surface area (Å²) in [5.74, 6) is 0.00669. The number of nitrogens with zero attached hydrogens (tertiary/aromatic N) is 2. The Bertz CT molecular complexity index is 444. The van der Waals surface area contributed by atoms with E-state index in [0.717, 1.165) is 18.8 Å². The van der Waals surface area contributed by atoms with Crippen LogP contribution in [0.15, 0.2) is 24.3 Å². The van der Waals surface area contributed by atoms with E-state index in [0.29, 0.717) is 11.7 Å². The van der Waals surface area contributed by atoms with E-state index < -0.39 is 0 Å². The Kier molecular flexibility index (Phi) is 6.65. The van der Waals surface area contributed by atoms with Crippen LogP contribution in [0.3, 0.4) is 0 Å². The van der Waals surface area contributed by atoms with Gasteiger partial charge in [-0.05, 0) is 58.8 Å². The summed E-state index contributed by atoms with van der Waals surface area (Å²) < 4.78 is 0. The van der Waals surface area contributed by atoms with Crippen LogP contribution < -0.4 is 11.1 Å². The van der Waals surface area contributed by atoms with Crippen molar-refractivity contribution in [3.8, 4) is 0 Å². The van der Waals surface area contributed by atoms with E-state index >= 15 is 0 Å². The highest BCUT2D eigenvalue weighted by atomic mass is 16.2. The fourth-order valence-electron chi connectivity index (χ4n) is 2.56. The number of likely N-dealkylation sites (N-methyl/N-ethyl adjacent to an activating group) is 2. The number of nitrogens with one attached hydrogen (secondary N) is 1. The van der Waals surface area contributed by atoms with Crippen molar-refractivity contribution >= 4 is 17.3 Å². The second kappa shape index (κ2) is 8.00. The van der Waals surface area contributed by atoms with Crippen LogP contribution in [0.25, 0.3) is 0 Å². The van der Waals surface area contributed by atoms with Gasteiger partial charge >= 0.3 is 0 Å². The first-order valence-corrected chi connectivity index (χ1v) is 7.42. The summed E-state index contributed by atoms with van der Waals surface area (Å²) in [5.41, 5.74) is 7.11. The number of rotatable bonds is 7. The zero-order valence-electron chi connectivity index (χ0n) is 13.8. The molecule has 1 aromatic rings. The largest absolute Gasteiger partial charge is 0.399 e. The third-order valence-electron chi connectivity index (χ3n) is 3.62. The molecular formula is C16H28N4O. The Hall–Kier alpha value is -1.59. The summed E-state index contributed by atoms with van der Waals surface area (Å²) in [6, 6.07) is 7.34. The van der Waals surface area contributed by atoms with Crippen LogP contribution >= 0.6 is 0 Å². The molecule has 2 atom stereocenters. The topological polar surface area (TPSA) is 61.6 Å². The van der Waals surface area contributed by atoms with Gasteiger partial charge < -0.3 is 16.0 Å². The predicted molar refractivity (Wildman–Crippen MR) is 89.3 cm³/mol. The minimum absolute atomic E-state index is 0.00669. The van der Waals surface area contributed by atoms with Gasteiger partial charge in [0.2, 0.25) is 5.91 Å². The van der Waals surface area contributed by atoms with Crippen molar-refractivity contribution in [2.24, 2.45) is 0 Å². The molecule has 0 aliphatic rings. The molecule has 0 radical (unpaired) electrons. The summed E-state index contributed by atoms with van der Waals surface area (Å²) >= 11 is 0. The molecule has 1 amide bonds. The third kappa shape index (κ3) is 5.36. The maximum absolute atomic E-state index is 12.4. The van der Waals surface area contributed by atoms with Gasteiger partial charge in [0.25, 0.3) is 0 Å². The fraction of sp³-hybridized carbons (Fsp3) is 0.562. The van der Waals surface area contributed by atoms with E-state index in [9.17, 15) is 4.79 Å². The number of carbonyl (C=O) groups excluding carboxylic acids is 1. The lowest BCUT2D eigenvalue weighted by atomic mass is 10.1. The first kappa shape index (κ1) is 17.5. The Morgan fingerprint density at radius 1 is 1.24 bits per heavy atom. The molecule has 0 aliphatic heterocycles. The van der Waals surface area contributed by atoms with Crippen LogP contribution in [-0.2, 0) is 4.79 Å². The van der Waals surface area contributed by atoms with Crippen molar-refractivity contribution in [3.05, 3.63) is 24.3 Å². The number of hydrogen-bond acceptors (Lipinski definition) is 4. The molecule has 0 spiro atoms. The maximum atomic E-state index is 12.4. The molecular weight excluding hydrogens is 264 g/mol. The van der Waals surface area contributed by atoms with Crippen molar-refractivity contribution in [2.75, 3.05) is 38.2 Å². The summed E-state index contributed by atoms with van der Waals surface area (Å²) in [7, 11) is 4.09. The Balaban J connectivity index is 2.68. The monoisotopic (exact) mass is 292 g/mol. The van der Waals surface area contributed by atoms with Crippen molar-refractivity contribution < 1.29 is 4.79 Å². The number of anilines is 2. The van der Waals surface area contributed by atoms with E-state index in [4.69, 9.17) is 5.73 Å². The molecule has 3 N–H and O–H groups in total. The van der Waals surface area contributed by atoms with Gasteiger partial charge in [0.15, 0.2) is 0 Å². The van der Waals surface area contributed by atoms with Crippen molar-refractivity contribution in [3.63, 3.8) is 0 Å². The van der Waals surface area contributed by atoms with Gasteiger partial charge in [-0.15, -0.1) is 0 Å². The Morgan fingerprint density at radius 2 is 1.81 bits per heavy atom. The summed E-state index contributed by atoms with van der Waals surface area (Å²) in [6.07, 6.45) is 0. The van der Waals surface area contributed by atoms with Crippen LogP contribution in [0.2, 0.25) is 0 Å². The molecule has 0 aliphatic carbocycles. The fourth-order valence-corrected chi connectivity index (χ4v) is 2.56. The minimum atomic E-state index is -0.178. The van der Waals surface area contributed by atoms with Crippen molar-refractivity contribution in [1.29, 1.82) is 0 Å². The molecule has 0 fully saturated rings. The molecule has 21 heavy (non-hydrogen) atoms. The minimum Gasteiger partial charge on any atom is -0.399 e. The zero-order valence-corrected chi connectivity index (χ0v) is 13.8. The van der Waals surface area contributed by atoms with E-state index in [-0.39, 0.29) is 11.9 Å². The molecule has 1 rings (SSSR count). The van der Waals surface area contributed by atoms with Crippen molar-refractivity contribution in [2.45, 2.75) is 32.9 Å². The molecule has 0 saturated heterocycles. The zero-order chi connectivity index (χ0) is 16.0. The number of carbonyl (C=O) groups is 1. The number of benzene rings is 1. The summed E-state index contributed by atoms with van der Waals surface area (Å²) in [6.45, 7) is 7.94. The van der Waals surface area contributed by atoms with E-state index in [1.807, 2.05) is 33.2 Å². The van der Waals surface area contributed by atoms with Crippen LogP contribution in [-0.4, -0.2) is 55.0 Å². The highest BCUT2D eigenvalue weighted by Crippen LogP contribution is 2.13. The molecule has 0 bridgehead atoms. The lowest BCUT2D eigenvalue weighted by Gasteiger charge is -2.34. The highest BCUT2D eigenvalue weighted by molar-refractivity contribution is 5.94. The number of nitrogen functional groups attached to an aromatic ring is 1. The van der Waals surface area contributed by atoms with Gasteiger partial charge in [0.1, 0.15) is 0 Å². The van der Waals surface area contributed by atoms with Crippen LogP contribution in [0.4, 0.5) is 11.4 Å². The SMILES string of the molecule is CCN(C(C)CN(C)C)C(C)C(=O)Nc1ccc(N)cc1. The molecule has 0 saturated carbocycles. The number of amides is 1. The number of hydrogen-bond donors (Lipinski definition) is 2. The lowest BCUT2D eigenvalue weighted by molar-refractivity contribution is -0.121. The van der Waals surface area contributed by atoms with Gasteiger partial charge in [-0.3, -0.25) is 9.69 Å². The van der Waals surface area contributed by atoms with Gasteiger partial charge in [-0.25, -0.2) is 0 Å². The molecule has 1 aromatic carbocycles. The summed E-state index contributed by atoms with van der Waals surface area (Å²) in [5, 5.41) is 2.94. The second-order valence-electron chi connectivity index (χ2n) is 5.73. The van der Waals surface area contributed by atoms with Gasteiger partial charge in [0.05, 0.1) is 6.04 Å². The van der Waals surface area contributed by atoms with E-state index in [1.54, 1.807) is 12.1 Å². The molecule has 0 aromatic heterocycles. The van der Waals surface area contributed by atoms with Crippen LogP contribution in [0, 0.1) is 0 Å². The molecule has 5 nitrogen and oxygen atoms in total. The van der Waals surface area contributed by atoms with Crippen molar-refractivity contribution in [1.82, 2.24) is 9.80 Å². The molecule has 118 valence electrons. The van der Waals surface area contributed by atoms with E-state index in [1.165, 1.54) is 0 Å². The van der Waals surface area contributed by atoms with Gasteiger partial charge in [-0.2, -0.15) is 0 Å².